The second-order valence-corrected chi connectivity index (χ2v) is 9.76. The van der Waals surface area contributed by atoms with Gasteiger partial charge in [-0.3, -0.25) is 9.59 Å². The van der Waals surface area contributed by atoms with Crippen molar-refractivity contribution in [1.29, 1.82) is 0 Å². The van der Waals surface area contributed by atoms with E-state index in [1.165, 1.54) is 80.8 Å². The van der Waals surface area contributed by atoms with Crippen LogP contribution in [-0.2, 0) is 10.9 Å². The van der Waals surface area contributed by atoms with Gasteiger partial charge in [-0.2, -0.15) is 8.78 Å². The molecule has 0 atom stereocenters. The van der Waals surface area contributed by atoms with Crippen LogP contribution in [0.15, 0.2) is 84.9 Å². The number of alkyl halides is 2. The number of benzene rings is 5. The highest BCUT2D eigenvalue weighted by molar-refractivity contribution is 6.03. The molecule has 8 nitrogen and oxygen atoms in total. The van der Waals surface area contributed by atoms with Crippen molar-refractivity contribution in [3.05, 3.63) is 113 Å². The Morgan fingerprint density at radius 1 is 0.826 bits per heavy atom. The predicted octanol–water partition coefficient (Wildman–Crippen LogP) is 7.58. The number of carbonyl (C=O) groups is 3. The van der Waals surface area contributed by atoms with Crippen LogP contribution in [-0.4, -0.2) is 30.4 Å². The fourth-order valence-electron chi connectivity index (χ4n) is 4.64. The van der Waals surface area contributed by atoms with Crippen molar-refractivity contribution in [2.24, 2.45) is 0 Å². The van der Waals surface area contributed by atoms with E-state index >= 15 is 17.6 Å². The van der Waals surface area contributed by atoms with Crippen LogP contribution in [0, 0.1) is 11.6 Å². The molecule has 0 spiro atoms. The summed E-state index contributed by atoms with van der Waals surface area (Å²) in [5.74, 6) is -5.96. The van der Waals surface area contributed by atoms with Gasteiger partial charge in [-0.15, -0.1) is 0 Å². The molecule has 0 unspecified atom stereocenters. The molecule has 46 heavy (non-hydrogen) atoms. The maximum absolute atomic E-state index is 15.5. The summed E-state index contributed by atoms with van der Waals surface area (Å²) >= 11 is 0. The lowest BCUT2D eigenvalue weighted by atomic mass is 10.0. The number of carbonyl (C=O) groups excluding carboxylic acids is 3. The summed E-state index contributed by atoms with van der Waals surface area (Å²) in [5.41, 5.74) is -2.04. The van der Waals surface area contributed by atoms with Gasteiger partial charge >= 0.3 is 18.0 Å². The van der Waals surface area contributed by atoms with Gasteiger partial charge in [0.1, 0.15) is 22.8 Å². The van der Waals surface area contributed by atoms with Gasteiger partial charge in [-0.25, -0.2) is 13.6 Å². The summed E-state index contributed by atoms with van der Waals surface area (Å²) in [6.45, 7) is 1.19. The van der Waals surface area contributed by atoms with Crippen LogP contribution >= 0.6 is 0 Å². The first-order valence-electron chi connectivity index (χ1n) is 13.4. The molecule has 1 N–H and O–H groups in total. The minimum Gasteiger partial charge on any atom is -0.504 e. The molecule has 0 fully saturated rings. The molecular weight excluding hydrogens is 612 g/mol. The molecule has 0 aliphatic heterocycles. The van der Waals surface area contributed by atoms with E-state index in [-0.39, 0.29) is 62.3 Å². The maximum atomic E-state index is 15.5. The molecule has 0 saturated heterocycles. The lowest BCUT2D eigenvalue weighted by Crippen LogP contribution is -2.24. The minimum atomic E-state index is -4.44. The smallest absolute Gasteiger partial charge is 0.429 e. The van der Waals surface area contributed by atoms with Crippen LogP contribution in [0.1, 0.15) is 33.2 Å². The van der Waals surface area contributed by atoms with E-state index in [9.17, 15) is 19.5 Å². The summed E-state index contributed by atoms with van der Waals surface area (Å²) in [6.07, 6.45) is -4.19. The first-order chi connectivity index (χ1) is 21.9. The molecule has 5 rings (SSSR count). The highest BCUT2D eigenvalue weighted by Gasteiger charge is 2.40. The average Bonchev–Trinajstić information content (AvgIpc) is 3.03. The number of halogens is 4. The van der Waals surface area contributed by atoms with Crippen molar-refractivity contribution in [1.82, 2.24) is 0 Å². The Morgan fingerprint density at radius 3 is 2.17 bits per heavy atom. The number of hydrogen-bond donors (Lipinski definition) is 1. The Labute approximate surface area is 258 Å². The molecule has 234 valence electrons. The van der Waals surface area contributed by atoms with Crippen molar-refractivity contribution in [2.75, 3.05) is 7.11 Å². The summed E-state index contributed by atoms with van der Waals surface area (Å²) < 4.78 is 81.6. The maximum Gasteiger partial charge on any atom is 0.429 e. The second kappa shape index (κ2) is 12.6. The van der Waals surface area contributed by atoms with Crippen molar-refractivity contribution in [2.45, 2.75) is 13.0 Å². The van der Waals surface area contributed by atoms with Gasteiger partial charge in [0.15, 0.2) is 29.4 Å². The number of methoxy groups -OCH3 is 1. The number of esters is 2. The van der Waals surface area contributed by atoms with E-state index in [2.05, 4.69) is 0 Å². The van der Waals surface area contributed by atoms with Gasteiger partial charge in [0.25, 0.3) is 0 Å². The third-order valence-corrected chi connectivity index (χ3v) is 6.78. The molecule has 0 radical (unpaired) electrons. The molecule has 0 amide bonds. The topological polar surface area (TPSA) is 108 Å². The standard InChI is InChI=1S/C34H22F4O8/c1-18(40)44-22-10-7-19(8-11-22)23-12-13-26(31(36)30(23)35)34(37,38)46-28-16-21(17-39)32(25-6-4-3-5-24(25)28)45-33(42)20-9-14-27(41)29(15-20)43-2/h3-17,41H,1-2H3. The van der Waals surface area contributed by atoms with Gasteiger partial charge in [0, 0.05) is 23.3 Å². The lowest BCUT2D eigenvalue weighted by molar-refractivity contribution is -0.187. The summed E-state index contributed by atoms with van der Waals surface area (Å²) in [4.78, 5) is 36.1. The zero-order chi connectivity index (χ0) is 33.2. The Kier molecular flexibility index (Phi) is 8.63. The monoisotopic (exact) mass is 634 g/mol. The summed E-state index contributed by atoms with van der Waals surface area (Å²) in [5, 5.41) is 9.80. The van der Waals surface area contributed by atoms with Crippen molar-refractivity contribution in [3.8, 4) is 39.9 Å². The fourth-order valence-corrected chi connectivity index (χ4v) is 4.64. The summed E-state index contributed by atoms with van der Waals surface area (Å²) in [7, 11) is 1.28. The van der Waals surface area contributed by atoms with Gasteiger partial charge in [0.2, 0.25) is 0 Å². The second-order valence-electron chi connectivity index (χ2n) is 9.76. The van der Waals surface area contributed by atoms with E-state index in [1.807, 2.05) is 0 Å². The van der Waals surface area contributed by atoms with Crippen LogP contribution in [0.5, 0.6) is 28.7 Å². The molecule has 12 heteroatoms. The molecular formula is C34H22F4O8. The van der Waals surface area contributed by atoms with Crippen LogP contribution in [0.3, 0.4) is 0 Å². The molecule has 0 aromatic heterocycles. The predicted molar refractivity (Wildman–Crippen MR) is 157 cm³/mol. The minimum absolute atomic E-state index is 0.0187. The van der Waals surface area contributed by atoms with Crippen LogP contribution in [0.4, 0.5) is 17.6 Å². The highest BCUT2D eigenvalue weighted by Crippen LogP contribution is 2.42. The quantitative estimate of drug-likeness (QED) is 0.0765. The number of rotatable bonds is 9. The average molecular weight is 635 g/mol. The number of hydrogen-bond acceptors (Lipinski definition) is 8. The number of phenols is 1. The van der Waals surface area contributed by atoms with E-state index in [4.69, 9.17) is 18.9 Å². The zero-order valence-electron chi connectivity index (χ0n) is 24.0. The molecule has 5 aromatic carbocycles. The third kappa shape index (κ3) is 6.18. The number of phenolic OH excluding ortho intramolecular Hbond substituents is 1. The molecule has 5 aromatic rings. The first kappa shape index (κ1) is 31.5. The number of ether oxygens (including phenoxy) is 4. The van der Waals surface area contributed by atoms with Gasteiger partial charge < -0.3 is 24.1 Å². The van der Waals surface area contributed by atoms with Crippen LogP contribution in [0.25, 0.3) is 21.9 Å². The Balaban J connectivity index is 1.49. The van der Waals surface area contributed by atoms with Gasteiger partial charge in [-0.1, -0.05) is 42.5 Å². The Bertz CT molecular complexity index is 1990. The first-order valence-corrected chi connectivity index (χ1v) is 13.4. The number of fused-ring (bicyclic) bond motifs is 1. The van der Waals surface area contributed by atoms with Gasteiger partial charge in [0.05, 0.1) is 18.2 Å². The van der Waals surface area contributed by atoms with E-state index in [0.717, 1.165) is 12.1 Å². The Morgan fingerprint density at radius 2 is 1.52 bits per heavy atom. The van der Waals surface area contributed by atoms with Crippen LogP contribution < -0.4 is 18.9 Å². The SMILES string of the molecule is COc1cc(C(=O)Oc2c(C=O)cc(OC(F)(F)c3ccc(-c4ccc(OC(C)=O)cc4)c(F)c3F)c3ccccc23)ccc1O. The van der Waals surface area contributed by atoms with Crippen molar-refractivity contribution in [3.63, 3.8) is 0 Å². The van der Waals surface area contributed by atoms with Crippen molar-refractivity contribution < 1.29 is 56.0 Å². The zero-order valence-corrected chi connectivity index (χ0v) is 24.0. The van der Waals surface area contributed by atoms with Crippen LogP contribution in [0.2, 0.25) is 0 Å². The number of aromatic hydroxyl groups is 1. The highest BCUT2D eigenvalue weighted by atomic mass is 19.3. The van der Waals surface area contributed by atoms with Crippen molar-refractivity contribution >= 4 is 29.0 Å². The lowest BCUT2D eigenvalue weighted by Gasteiger charge is -2.22. The largest absolute Gasteiger partial charge is 0.504 e. The van der Waals surface area contributed by atoms with E-state index < -0.39 is 41.0 Å². The van der Waals surface area contributed by atoms with E-state index in [0.29, 0.717) is 6.07 Å². The molecule has 0 aliphatic carbocycles. The molecule has 0 bridgehead atoms. The summed E-state index contributed by atoms with van der Waals surface area (Å²) in [6, 6.07) is 17.1. The number of aldehydes is 1. The van der Waals surface area contributed by atoms with E-state index in [1.54, 1.807) is 0 Å². The third-order valence-electron chi connectivity index (χ3n) is 6.78. The Hall–Kier alpha value is -5.91. The normalized spacial score (nSPS) is 11.2. The molecule has 0 heterocycles. The molecule has 0 aliphatic rings. The fraction of sp³-hybridized carbons (Fsp3) is 0.0882. The van der Waals surface area contributed by atoms with Gasteiger partial charge in [-0.05, 0) is 48.0 Å². The molecule has 0 saturated carbocycles.